The van der Waals surface area contributed by atoms with Gasteiger partial charge in [-0.15, -0.1) is 0 Å². The topological polar surface area (TPSA) is 70.8 Å². The largest absolute Gasteiger partial charge is 0.476 e. The van der Waals surface area contributed by atoms with Gasteiger partial charge in [0.25, 0.3) is 0 Å². The highest BCUT2D eigenvalue weighted by molar-refractivity contribution is 6.06. The third kappa shape index (κ3) is 2.91. The van der Waals surface area contributed by atoms with E-state index in [4.69, 9.17) is 0 Å². The van der Waals surface area contributed by atoms with E-state index in [0.717, 1.165) is 27.8 Å². The molecule has 2 heterocycles. The SMILES string of the molecule is CC1=Cc2ccc(CNc3ccc4cccn4c3C(=O)O)cc2C(C)C1=O. The Morgan fingerprint density at radius 1 is 1.22 bits per heavy atom. The maximum Gasteiger partial charge on any atom is 0.355 e. The zero-order valence-electron chi connectivity index (χ0n) is 15.2. The molecule has 4 rings (SSSR count). The molecule has 27 heavy (non-hydrogen) atoms. The van der Waals surface area contributed by atoms with Crippen LogP contribution in [-0.2, 0) is 11.3 Å². The fourth-order valence-corrected chi connectivity index (χ4v) is 3.70. The number of rotatable bonds is 4. The lowest BCUT2D eigenvalue weighted by Gasteiger charge is -2.21. The van der Waals surface area contributed by atoms with Gasteiger partial charge in [-0.05, 0) is 59.5 Å². The van der Waals surface area contributed by atoms with Gasteiger partial charge >= 0.3 is 5.97 Å². The number of pyridine rings is 1. The molecule has 136 valence electrons. The first kappa shape index (κ1) is 17.1. The molecule has 0 saturated carbocycles. The molecule has 2 aromatic heterocycles. The van der Waals surface area contributed by atoms with Crippen LogP contribution < -0.4 is 5.32 Å². The fraction of sp³-hybridized carbons (Fsp3) is 0.182. The highest BCUT2D eigenvalue weighted by atomic mass is 16.4. The van der Waals surface area contributed by atoms with Gasteiger partial charge in [-0.25, -0.2) is 4.79 Å². The number of nitrogens with one attached hydrogen (secondary N) is 1. The molecule has 1 aliphatic rings. The van der Waals surface area contributed by atoms with Crippen molar-refractivity contribution in [2.24, 2.45) is 0 Å². The molecule has 1 atom stereocenters. The first-order chi connectivity index (χ1) is 13.0. The van der Waals surface area contributed by atoms with E-state index in [-0.39, 0.29) is 17.4 Å². The zero-order valence-corrected chi connectivity index (χ0v) is 15.2. The fourth-order valence-electron chi connectivity index (χ4n) is 3.70. The Morgan fingerprint density at radius 2 is 2.04 bits per heavy atom. The quantitative estimate of drug-likeness (QED) is 0.726. The molecule has 1 aliphatic carbocycles. The number of carbonyl (C=O) groups is 2. The number of ketones is 1. The van der Waals surface area contributed by atoms with Crippen molar-refractivity contribution in [2.75, 3.05) is 5.32 Å². The van der Waals surface area contributed by atoms with Gasteiger partial charge in [0.1, 0.15) is 0 Å². The lowest BCUT2D eigenvalue weighted by atomic mass is 9.83. The molecule has 3 aromatic rings. The highest BCUT2D eigenvalue weighted by Gasteiger charge is 2.24. The highest BCUT2D eigenvalue weighted by Crippen LogP contribution is 2.31. The van der Waals surface area contributed by atoms with Gasteiger partial charge in [-0.1, -0.05) is 25.1 Å². The lowest BCUT2D eigenvalue weighted by molar-refractivity contribution is -0.116. The number of aromatic nitrogens is 1. The van der Waals surface area contributed by atoms with E-state index in [1.807, 2.05) is 56.3 Å². The smallest absolute Gasteiger partial charge is 0.355 e. The maximum atomic E-state index is 12.2. The van der Waals surface area contributed by atoms with Gasteiger partial charge in [0.2, 0.25) is 0 Å². The molecular formula is C22H20N2O3. The minimum Gasteiger partial charge on any atom is -0.476 e. The Labute approximate surface area is 156 Å². The number of Topliss-reactive ketones (excluding diaryl/α,β-unsaturated/α-hetero) is 1. The molecule has 0 spiro atoms. The van der Waals surface area contributed by atoms with Gasteiger partial charge < -0.3 is 14.8 Å². The molecule has 0 fully saturated rings. The van der Waals surface area contributed by atoms with Crippen LogP contribution in [0.5, 0.6) is 0 Å². The summed E-state index contributed by atoms with van der Waals surface area (Å²) in [4.78, 5) is 24.0. The van der Waals surface area contributed by atoms with Gasteiger partial charge in [0.15, 0.2) is 11.5 Å². The number of carbonyl (C=O) groups excluding carboxylic acids is 1. The number of hydrogen-bond donors (Lipinski definition) is 2. The Hall–Kier alpha value is -3.34. The average Bonchev–Trinajstić information content (AvgIpc) is 3.12. The second-order valence-corrected chi connectivity index (χ2v) is 6.93. The molecule has 1 unspecified atom stereocenters. The molecular weight excluding hydrogens is 340 g/mol. The second kappa shape index (κ2) is 6.43. The van der Waals surface area contributed by atoms with Crippen molar-refractivity contribution < 1.29 is 14.7 Å². The van der Waals surface area contributed by atoms with E-state index in [1.165, 1.54) is 0 Å². The van der Waals surface area contributed by atoms with Crippen LogP contribution in [0.3, 0.4) is 0 Å². The van der Waals surface area contributed by atoms with Crippen molar-refractivity contribution in [2.45, 2.75) is 26.3 Å². The predicted octanol–water partition coefficient (Wildman–Crippen LogP) is 4.34. The first-order valence-electron chi connectivity index (χ1n) is 8.88. The van der Waals surface area contributed by atoms with Crippen LogP contribution in [0.15, 0.2) is 54.2 Å². The number of carboxylic acids is 1. The molecule has 5 nitrogen and oxygen atoms in total. The zero-order chi connectivity index (χ0) is 19.1. The van der Waals surface area contributed by atoms with Crippen molar-refractivity contribution in [3.05, 3.63) is 76.6 Å². The van der Waals surface area contributed by atoms with Crippen LogP contribution in [0.4, 0.5) is 5.69 Å². The number of carboxylic acid groups (broad SMARTS) is 1. The van der Waals surface area contributed by atoms with E-state index < -0.39 is 5.97 Å². The Balaban J connectivity index is 1.64. The summed E-state index contributed by atoms with van der Waals surface area (Å²) in [6.45, 7) is 4.25. The first-order valence-corrected chi connectivity index (χ1v) is 8.88. The van der Waals surface area contributed by atoms with Gasteiger partial charge in [0, 0.05) is 24.2 Å². The summed E-state index contributed by atoms with van der Waals surface area (Å²) in [5, 5.41) is 12.9. The second-order valence-electron chi connectivity index (χ2n) is 6.93. The van der Waals surface area contributed by atoms with Crippen molar-refractivity contribution in [3.8, 4) is 0 Å². The number of benzene rings is 1. The van der Waals surface area contributed by atoms with E-state index in [1.54, 1.807) is 16.7 Å². The standard InChI is InChI=1S/C22H20N2O3/c1-13-10-16-6-5-15(11-18(16)14(2)21(13)25)12-23-19-8-7-17-4-3-9-24(17)20(19)22(26)27/h3-11,14,23H,12H2,1-2H3,(H,26,27). The molecule has 0 bridgehead atoms. The van der Waals surface area contributed by atoms with Crippen LogP contribution in [-0.4, -0.2) is 21.3 Å². The Kier molecular flexibility index (Phi) is 4.07. The summed E-state index contributed by atoms with van der Waals surface area (Å²) in [6.07, 6.45) is 3.67. The summed E-state index contributed by atoms with van der Waals surface area (Å²) in [6, 6.07) is 13.4. The maximum absolute atomic E-state index is 12.2. The minimum absolute atomic E-state index is 0.152. The third-order valence-corrected chi connectivity index (χ3v) is 5.15. The molecule has 1 aromatic carbocycles. The van der Waals surface area contributed by atoms with E-state index in [0.29, 0.717) is 12.2 Å². The van der Waals surface area contributed by atoms with Crippen LogP contribution >= 0.6 is 0 Å². The number of anilines is 1. The number of nitrogens with zero attached hydrogens (tertiary/aromatic N) is 1. The third-order valence-electron chi connectivity index (χ3n) is 5.15. The summed E-state index contributed by atoms with van der Waals surface area (Å²) < 4.78 is 1.66. The van der Waals surface area contributed by atoms with E-state index in [2.05, 4.69) is 5.32 Å². The number of allylic oxidation sites excluding steroid dienone is 1. The normalized spacial score (nSPS) is 16.1. The Morgan fingerprint density at radius 3 is 2.81 bits per heavy atom. The summed E-state index contributed by atoms with van der Waals surface area (Å²) in [5.41, 5.74) is 5.48. The van der Waals surface area contributed by atoms with Gasteiger partial charge in [-0.3, -0.25) is 4.79 Å². The monoisotopic (exact) mass is 360 g/mol. The van der Waals surface area contributed by atoms with Crippen molar-refractivity contribution in [1.82, 2.24) is 4.40 Å². The molecule has 0 amide bonds. The van der Waals surface area contributed by atoms with Gasteiger partial charge in [-0.2, -0.15) is 0 Å². The minimum atomic E-state index is -0.982. The Bertz CT molecular complexity index is 1110. The summed E-state index contributed by atoms with van der Waals surface area (Å²) in [5.74, 6) is -0.987. The molecule has 0 radical (unpaired) electrons. The number of hydrogen-bond acceptors (Lipinski definition) is 3. The number of aromatic carboxylic acids is 1. The average molecular weight is 360 g/mol. The van der Waals surface area contributed by atoms with Crippen molar-refractivity contribution >= 4 is 29.0 Å². The summed E-state index contributed by atoms with van der Waals surface area (Å²) >= 11 is 0. The predicted molar refractivity (Wildman–Crippen MR) is 105 cm³/mol. The van der Waals surface area contributed by atoms with E-state index >= 15 is 0 Å². The number of fused-ring (bicyclic) bond motifs is 2. The van der Waals surface area contributed by atoms with Crippen LogP contribution in [0, 0.1) is 0 Å². The van der Waals surface area contributed by atoms with Gasteiger partial charge in [0.05, 0.1) is 5.69 Å². The molecule has 0 aliphatic heterocycles. The lowest BCUT2D eigenvalue weighted by Crippen LogP contribution is -2.16. The molecule has 0 saturated heterocycles. The molecule has 5 heteroatoms. The van der Waals surface area contributed by atoms with Crippen LogP contribution in [0.25, 0.3) is 11.6 Å². The molecule has 2 N–H and O–H groups in total. The van der Waals surface area contributed by atoms with Crippen LogP contribution in [0.1, 0.15) is 46.9 Å². The summed E-state index contributed by atoms with van der Waals surface area (Å²) in [7, 11) is 0. The van der Waals surface area contributed by atoms with Crippen LogP contribution in [0.2, 0.25) is 0 Å². The van der Waals surface area contributed by atoms with Crippen molar-refractivity contribution in [3.63, 3.8) is 0 Å². The van der Waals surface area contributed by atoms with Crippen molar-refractivity contribution in [1.29, 1.82) is 0 Å². The van der Waals surface area contributed by atoms with E-state index in [9.17, 15) is 14.7 Å².